The van der Waals surface area contributed by atoms with Crippen molar-refractivity contribution in [3.63, 3.8) is 0 Å². The van der Waals surface area contributed by atoms with Gasteiger partial charge in [0.2, 0.25) is 5.91 Å². The molecular weight excluding hydrogens is 248 g/mol. The van der Waals surface area contributed by atoms with Gasteiger partial charge in [0.25, 0.3) is 0 Å². The fraction of sp³-hybridized carbons (Fsp3) is 0.929. The second kappa shape index (κ2) is 6.25. The van der Waals surface area contributed by atoms with E-state index in [1.807, 2.05) is 6.92 Å². The Labute approximate surface area is 117 Å². The van der Waals surface area contributed by atoms with Crippen molar-refractivity contribution >= 4 is 18.3 Å². The van der Waals surface area contributed by atoms with E-state index in [4.69, 9.17) is 0 Å². The molecule has 4 heteroatoms. The average molecular weight is 275 g/mol. The number of rotatable bonds is 4. The van der Waals surface area contributed by atoms with Crippen LogP contribution in [0.3, 0.4) is 0 Å². The lowest BCUT2D eigenvalue weighted by molar-refractivity contribution is -0.128. The van der Waals surface area contributed by atoms with Crippen molar-refractivity contribution in [2.75, 3.05) is 13.1 Å². The first-order valence-corrected chi connectivity index (χ1v) is 7.14. The molecule has 3 nitrogen and oxygen atoms in total. The molecule has 2 rings (SSSR count). The SMILES string of the molecule is CCC1(CNC(=O)C2(C)CCCCN2)CCC1.Cl. The molecule has 18 heavy (non-hydrogen) atoms. The summed E-state index contributed by atoms with van der Waals surface area (Å²) in [5.41, 5.74) is 0.0949. The Kier molecular flexibility index (Phi) is 5.47. The summed E-state index contributed by atoms with van der Waals surface area (Å²) in [5.74, 6) is 0.205. The molecule has 1 unspecified atom stereocenters. The highest BCUT2D eigenvalue weighted by atomic mass is 35.5. The standard InChI is InChI=1S/C14H26N2O.ClH/c1-3-14(8-6-9-14)11-15-12(17)13(2)7-4-5-10-16-13;/h16H,3-11H2,1-2H3,(H,15,17);1H. The topological polar surface area (TPSA) is 41.1 Å². The number of hydrogen-bond donors (Lipinski definition) is 2. The molecule has 2 aliphatic rings. The van der Waals surface area contributed by atoms with Crippen molar-refractivity contribution in [3.8, 4) is 0 Å². The molecule has 2 fully saturated rings. The van der Waals surface area contributed by atoms with Crippen molar-refractivity contribution < 1.29 is 4.79 Å². The minimum atomic E-state index is -0.322. The maximum Gasteiger partial charge on any atom is 0.240 e. The number of carbonyl (C=O) groups excluding carboxylic acids is 1. The fourth-order valence-corrected chi connectivity index (χ4v) is 3.04. The van der Waals surface area contributed by atoms with Crippen LogP contribution in [0.15, 0.2) is 0 Å². The summed E-state index contributed by atoms with van der Waals surface area (Å²) >= 11 is 0. The Hall–Kier alpha value is -0.280. The maximum atomic E-state index is 12.2. The van der Waals surface area contributed by atoms with Crippen molar-refractivity contribution in [1.29, 1.82) is 0 Å². The minimum absolute atomic E-state index is 0. The van der Waals surface area contributed by atoms with Gasteiger partial charge in [0.15, 0.2) is 0 Å². The molecule has 1 heterocycles. The van der Waals surface area contributed by atoms with E-state index in [1.165, 1.54) is 32.1 Å². The van der Waals surface area contributed by atoms with Crippen LogP contribution >= 0.6 is 12.4 Å². The normalized spacial score (nSPS) is 29.9. The quantitative estimate of drug-likeness (QED) is 0.828. The van der Waals surface area contributed by atoms with Crippen LogP contribution < -0.4 is 10.6 Å². The van der Waals surface area contributed by atoms with Crippen molar-refractivity contribution in [2.24, 2.45) is 5.41 Å². The van der Waals surface area contributed by atoms with Crippen LogP contribution in [0.1, 0.15) is 58.8 Å². The second-order valence-corrected chi connectivity index (χ2v) is 6.11. The van der Waals surface area contributed by atoms with E-state index in [9.17, 15) is 4.79 Å². The van der Waals surface area contributed by atoms with Gasteiger partial charge in [-0.25, -0.2) is 0 Å². The molecule has 0 radical (unpaired) electrons. The Bertz CT molecular complexity index is 278. The summed E-state index contributed by atoms with van der Waals surface area (Å²) in [7, 11) is 0. The fourth-order valence-electron chi connectivity index (χ4n) is 3.04. The second-order valence-electron chi connectivity index (χ2n) is 6.11. The number of nitrogens with one attached hydrogen (secondary N) is 2. The lowest BCUT2D eigenvalue weighted by atomic mass is 9.67. The van der Waals surface area contributed by atoms with Gasteiger partial charge in [-0.3, -0.25) is 4.79 Å². The Morgan fingerprint density at radius 2 is 1.94 bits per heavy atom. The number of amides is 1. The molecule has 1 aliphatic heterocycles. The summed E-state index contributed by atoms with van der Waals surface area (Å²) < 4.78 is 0. The van der Waals surface area contributed by atoms with Gasteiger partial charge < -0.3 is 10.6 Å². The number of hydrogen-bond acceptors (Lipinski definition) is 2. The maximum absolute atomic E-state index is 12.2. The highest BCUT2D eigenvalue weighted by Gasteiger charge is 2.38. The lowest BCUT2D eigenvalue weighted by Crippen LogP contribution is -2.58. The first-order chi connectivity index (χ1) is 8.10. The monoisotopic (exact) mass is 274 g/mol. The first kappa shape index (κ1) is 15.8. The van der Waals surface area contributed by atoms with E-state index in [0.717, 1.165) is 25.9 Å². The Morgan fingerprint density at radius 1 is 1.22 bits per heavy atom. The van der Waals surface area contributed by atoms with Crippen molar-refractivity contribution in [2.45, 2.75) is 64.3 Å². The van der Waals surface area contributed by atoms with Gasteiger partial charge in [0.05, 0.1) is 5.54 Å². The van der Waals surface area contributed by atoms with Crippen LogP contribution in [0, 0.1) is 5.41 Å². The third-order valence-corrected chi connectivity index (χ3v) is 4.91. The molecule has 1 saturated heterocycles. The molecule has 106 valence electrons. The van der Waals surface area contributed by atoms with Crippen LogP contribution in [-0.2, 0) is 4.79 Å². The van der Waals surface area contributed by atoms with E-state index in [2.05, 4.69) is 17.6 Å². The van der Waals surface area contributed by atoms with Crippen molar-refractivity contribution in [1.82, 2.24) is 10.6 Å². The van der Waals surface area contributed by atoms with E-state index in [1.54, 1.807) is 0 Å². The summed E-state index contributed by atoms with van der Waals surface area (Å²) in [5, 5.41) is 6.56. The third-order valence-electron chi connectivity index (χ3n) is 4.91. The molecule has 0 spiro atoms. The van der Waals surface area contributed by atoms with E-state index < -0.39 is 0 Å². The molecule has 0 bridgehead atoms. The molecule has 1 atom stereocenters. The van der Waals surface area contributed by atoms with Gasteiger partial charge in [-0.2, -0.15) is 0 Å². The molecule has 1 amide bonds. The number of carbonyl (C=O) groups is 1. The zero-order valence-corrected chi connectivity index (χ0v) is 12.5. The molecule has 2 N–H and O–H groups in total. The summed E-state index contributed by atoms with van der Waals surface area (Å²) in [6.07, 6.45) is 8.42. The largest absolute Gasteiger partial charge is 0.354 e. The van der Waals surface area contributed by atoms with Gasteiger partial charge in [-0.15, -0.1) is 12.4 Å². The van der Waals surface area contributed by atoms with Crippen LogP contribution in [-0.4, -0.2) is 24.5 Å². The Morgan fingerprint density at radius 3 is 2.39 bits per heavy atom. The zero-order valence-electron chi connectivity index (χ0n) is 11.7. The first-order valence-electron chi connectivity index (χ1n) is 7.14. The molecule has 1 saturated carbocycles. The predicted molar refractivity (Wildman–Crippen MR) is 77.1 cm³/mol. The summed E-state index contributed by atoms with van der Waals surface area (Å²) in [6.45, 7) is 6.13. The molecular formula is C14H27ClN2O. The van der Waals surface area contributed by atoms with Crippen molar-refractivity contribution in [3.05, 3.63) is 0 Å². The highest BCUT2D eigenvalue weighted by Crippen LogP contribution is 2.43. The average Bonchev–Trinajstić information content (AvgIpc) is 2.29. The van der Waals surface area contributed by atoms with E-state index in [0.29, 0.717) is 5.41 Å². The summed E-state index contributed by atoms with van der Waals surface area (Å²) in [4.78, 5) is 12.2. The van der Waals surface area contributed by atoms with Gasteiger partial charge >= 0.3 is 0 Å². The zero-order chi connectivity index (χ0) is 12.4. The number of piperidine rings is 1. The Balaban J connectivity index is 0.00000162. The minimum Gasteiger partial charge on any atom is -0.354 e. The van der Waals surface area contributed by atoms with Gasteiger partial charge in [0, 0.05) is 6.54 Å². The molecule has 0 aromatic heterocycles. The summed E-state index contributed by atoms with van der Waals surface area (Å²) in [6, 6.07) is 0. The van der Waals surface area contributed by atoms with Crippen LogP contribution in [0.25, 0.3) is 0 Å². The third kappa shape index (κ3) is 3.18. The van der Waals surface area contributed by atoms with Gasteiger partial charge in [-0.05, 0) is 57.4 Å². The number of halogens is 1. The lowest BCUT2D eigenvalue weighted by Gasteiger charge is -2.42. The molecule has 1 aliphatic carbocycles. The molecule has 0 aromatic carbocycles. The highest BCUT2D eigenvalue weighted by molar-refractivity contribution is 5.86. The smallest absolute Gasteiger partial charge is 0.240 e. The van der Waals surface area contributed by atoms with Gasteiger partial charge in [-0.1, -0.05) is 13.3 Å². The van der Waals surface area contributed by atoms with Crippen LogP contribution in [0.2, 0.25) is 0 Å². The van der Waals surface area contributed by atoms with Gasteiger partial charge in [0.1, 0.15) is 0 Å². The van der Waals surface area contributed by atoms with E-state index >= 15 is 0 Å². The van der Waals surface area contributed by atoms with Crippen LogP contribution in [0.5, 0.6) is 0 Å². The predicted octanol–water partition coefficient (Wildman–Crippen LogP) is 2.64. The molecule has 0 aromatic rings. The van der Waals surface area contributed by atoms with E-state index in [-0.39, 0.29) is 23.9 Å². The van der Waals surface area contributed by atoms with Crippen LogP contribution in [0.4, 0.5) is 0 Å².